The van der Waals surface area contributed by atoms with Crippen molar-refractivity contribution in [1.82, 2.24) is 5.32 Å². The average molecular weight is 365 g/mol. The van der Waals surface area contributed by atoms with E-state index in [1.807, 2.05) is 25.1 Å². The number of unbranched alkanes of at least 4 members (excludes halogenated alkanes) is 2. The molecular formula is C20H29ClN2O2. The lowest BCUT2D eigenvalue weighted by Crippen LogP contribution is -2.36. The summed E-state index contributed by atoms with van der Waals surface area (Å²) in [6.45, 7) is 4.82. The van der Waals surface area contributed by atoms with Crippen molar-refractivity contribution in [2.75, 3.05) is 11.9 Å². The third-order valence-corrected chi connectivity index (χ3v) is 5.48. The molecule has 2 N–H and O–H groups in total. The summed E-state index contributed by atoms with van der Waals surface area (Å²) >= 11 is 6.10. The van der Waals surface area contributed by atoms with Crippen LogP contribution in [0.3, 0.4) is 0 Å². The van der Waals surface area contributed by atoms with Gasteiger partial charge in [-0.2, -0.15) is 0 Å². The van der Waals surface area contributed by atoms with Gasteiger partial charge in [-0.3, -0.25) is 9.59 Å². The number of hydrogen-bond acceptors (Lipinski definition) is 2. The standard InChI is InChI=1S/C20H29ClN2O2/c1-3-4-5-13-22-19(24)15-9-11-16(12-10-15)20(25)23-18-8-6-7-17(21)14(18)2/h6-8,15-16H,3-5,9-13H2,1-2H3,(H,22,24)(H,23,25). The van der Waals surface area contributed by atoms with Crippen LogP contribution in [0, 0.1) is 18.8 Å². The van der Waals surface area contributed by atoms with Crippen molar-refractivity contribution in [3.63, 3.8) is 0 Å². The third kappa shape index (κ3) is 5.74. The molecule has 1 saturated carbocycles. The van der Waals surface area contributed by atoms with Crippen molar-refractivity contribution in [2.24, 2.45) is 11.8 Å². The van der Waals surface area contributed by atoms with E-state index in [2.05, 4.69) is 17.6 Å². The Hall–Kier alpha value is -1.55. The minimum atomic E-state index is -0.0254. The Kier molecular flexibility index (Phi) is 7.76. The van der Waals surface area contributed by atoms with Gasteiger partial charge < -0.3 is 10.6 Å². The highest BCUT2D eigenvalue weighted by Crippen LogP contribution is 2.31. The van der Waals surface area contributed by atoms with E-state index in [-0.39, 0.29) is 23.7 Å². The number of nitrogens with one attached hydrogen (secondary N) is 2. The normalized spacial score (nSPS) is 20.1. The fraction of sp³-hybridized carbons (Fsp3) is 0.600. The van der Waals surface area contributed by atoms with Gasteiger partial charge in [-0.25, -0.2) is 0 Å². The Morgan fingerprint density at radius 1 is 1.08 bits per heavy atom. The number of anilines is 1. The van der Waals surface area contributed by atoms with E-state index in [1.165, 1.54) is 0 Å². The quantitative estimate of drug-likeness (QED) is 0.689. The van der Waals surface area contributed by atoms with Gasteiger partial charge in [-0.1, -0.05) is 37.4 Å². The molecule has 1 aliphatic rings. The van der Waals surface area contributed by atoms with Gasteiger partial charge in [0, 0.05) is 29.1 Å². The molecule has 1 aliphatic carbocycles. The van der Waals surface area contributed by atoms with E-state index in [4.69, 9.17) is 11.6 Å². The van der Waals surface area contributed by atoms with Crippen LogP contribution in [0.4, 0.5) is 5.69 Å². The van der Waals surface area contributed by atoms with Crippen LogP contribution in [0.2, 0.25) is 5.02 Å². The van der Waals surface area contributed by atoms with Gasteiger partial charge in [0.25, 0.3) is 0 Å². The van der Waals surface area contributed by atoms with Crippen LogP contribution in [0.1, 0.15) is 57.4 Å². The van der Waals surface area contributed by atoms with Crippen LogP contribution in [-0.4, -0.2) is 18.4 Å². The van der Waals surface area contributed by atoms with Crippen molar-refractivity contribution in [3.05, 3.63) is 28.8 Å². The first-order valence-corrected chi connectivity index (χ1v) is 9.74. The molecule has 5 heteroatoms. The number of benzene rings is 1. The number of amides is 2. The molecule has 0 radical (unpaired) electrons. The van der Waals surface area contributed by atoms with Crippen molar-refractivity contribution >= 4 is 29.1 Å². The molecule has 138 valence electrons. The number of rotatable bonds is 7. The van der Waals surface area contributed by atoms with Gasteiger partial charge >= 0.3 is 0 Å². The van der Waals surface area contributed by atoms with Crippen molar-refractivity contribution < 1.29 is 9.59 Å². The van der Waals surface area contributed by atoms with Crippen LogP contribution in [0.15, 0.2) is 18.2 Å². The van der Waals surface area contributed by atoms with E-state index in [0.717, 1.165) is 62.7 Å². The van der Waals surface area contributed by atoms with Gasteiger partial charge in [0.05, 0.1) is 0 Å². The maximum Gasteiger partial charge on any atom is 0.227 e. The molecule has 0 aromatic heterocycles. The fourth-order valence-corrected chi connectivity index (χ4v) is 3.50. The van der Waals surface area contributed by atoms with Crippen LogP contribution in [0.25, 0.3) is 0 Å². The summed E-state index contributed by atoms with van der Waals surface area (Å²) in [7, 11) is 0. The molecular weight excluding hydrogens is 336 g/mol. The van der Waals surface area contributed by atoms with Gasteiger partial charge in [0.1, 0.15) is 0 Å². The molecule has 0 heterocycles. The van der Waals surface area contributed by atoms with E-state index in [1.54, 1.807) is 0 Å². The summed E-state index contributed by atoms with van der Waals surface area (Å²) in [5.41, 5.74) is 1.66. The Balaban J connectivity index is 1.78. The summed E-state index contributed by atoms with van der Waals surface area (Å²) < 4.78 is 0. The first-order valence-electron chi connectivity index (χ1n) is 9.36. The predicted octanol–water partition coefficient (Wildman–Crippen LogP) is 4.70. The van der Waals surface area contributed by atoms with Gasteiger partial charge in [-0.05, 0) is 56.7 Å². The Morgan fingerprint density at radius 2 is 1.72 bits per heavy atom. The minimum Gasteiger partial charge on any atom is -0.356 e. The van der Waals surface area contributed by atoms with E-state index >= 15 is 0 Å². The first-order chi connectivity index (χ1) is 12.0. The fourth-order valence-electron chi connectivity index (χ4n) is 3.33. The van der Waals surface area contributed by atoms with Crippen molar-refractivity contribution in [2.45, 2.75) is 58.8 Å². The van der Waals surface area contributed by atoms with Gasteiger partial charge in [0.2, 0.25) is 11.8 Å². The smallest absolute Gasteiger partial charge is 0.227 e. The number of carbonyl (C=O) groups is 2. The maximum absolute atomic E-state index is 12.5. The highest BCUT2D eigenvalue weighted by molar-refractivity contribution is 6.31. The molecule has 0 spiro atoms. The molecule has 4 nitrogen and oxygen atoms in total. The summed E-state index contributed by atoms with van der Waals surface area (Å²) in [4.78, 5) is 24.7. The third-order valence-electron chi connectivity index (χ3n) is 5.07. The molecule has 25 heavy (non-hydrogen) atoms. The zero-order chi connectivity index (χ0) is 18.2. The molecule has 1 fully saturated rings. The molecule has 2 rings (SSSR count). The molecule has 0 saturated heterocycles. The van der Waals surface area contributed by atoms with E-state index < -0.39 is 0 Å². The molecule has 1 aromatic carbocycles. The summed E-state index contributed by atoms with van der Waals surface area (Å²) in [5, 5.41) is 6.67. The van der Waals surface area contributed by atoms with Crippen LogP contribution < -0.4 is 10.6 Å². The highest BCUT2D eigenvalue weighted by Gasteiger charge is 2.30. The number of hydrogen-bond donors (Lipinski definition) is 2. The lowest BCUT2D eigenvalue weighted by Gasteiger charge is -2.27. The van der Waals surface area contributed by atoms with Crippen LogP contribution in [0.5, 0.6) is 0 Å². The SMILES string of the molecule is CCCCCNC(=O)C1CCC(C(=O)Nc2cccc(Cl)c2C)CC1. The molecule has 0 unspecified atom stereocenters. The van der Waals surface area contributed by atoms with Gasteiger partial charge in [-0.15, -0.1) is 0 Å². The zero-order valence-corrected chi connectivity index (χ0v) is 16.0. The van der Waals surface area contributed by atoms with Crippen LogP contribution in [-0.2, 0) is 9.59 Å². The zero-order valence-electron chi connectivity index (χ0n) is 15.2. The van der Waals surface area contributed by atoms with Crippen molar-refractivity contribution in [3.8, 4) is 0 Å². The van der Waals surface area contributed by atoms with Gasteiger partial charge in [0.15, 0.2) is 0 Å². The second-order valence-electron chi connectivity index (χ2n) is 6.95. The molecule has 0 bridgehead atoms. The summed E-state index contributed by atoms with van der Waals surface area (Å²) in [6.07, 6.45) is 6.44. The molecule has 0 atom stereocenters. The monoisotopic (exact) mass is 364 g/mol. The first kappa shape index (κ1) is 19.8. The average Bonchev–Trinajstić information content (AvgIpc) is 2.62. The second-order valence-corrected chi connectivity index (χ2v) is 7.36. The molecule has 0 aliphatic heterocycles. The van der Waals surface area contributed by atoms with E-state index in [0.29, 0.717) is 5.02 Å². The Bertz CT molecular complexity index is 595. The minimum absolute atomic E-state index is 0.0254. The number of carbonyl (C=O) groups excluding carboxylic acids is 2. The number of halogens is 1. The van der Waals surface area contributed by atoms with E-state index in [9.17, 15) is 9.59 Å². The molecule has 1 aromatic rings. The highest BCUT2D eigenvalue weighted by atomic mass is 35.5. The molecule has 2 amide bonds. The Labute approximate surface area is 155 Å². The topological polar surface area (TPSA) is 58.2 Å². The Morgan fingerprint density at radius 3 is 2.36 bits per heavy atom. The lowest BCUT2D eigenvalue weighted by molar-refractivity contribution is -0.128. The van der Waals surface area contributed by atoms with Crippen molar-refractivity contribution in [1.29, 1.82) is 0 Å². The maximum atomic E-state index is 12.5. The largest absolute Gasteiger partial charge is 0.356 e. The second kappa shape index (κ2) is 9.81. The summed E-state index contributed by atoms with van der Waals surface area (Å²) in [5.74, 6) is 0.217. The summed E-state index contributed by atoms with van der Waals surface area (Å²) in [6, 6.07) is 5.52. The van der Waals surface area contributed by atoms with Crippen LogP contribution >= 0.6 is 11.6 Å². The predicted molar refractivity (Wildman–Crippen MR) is 103 cm³/mol. The lowest BCUT2D eigenvalue weighted by atomic mass is 9.81.